The van der Waals surface area contributed by atoms with E-state index in [0.717, 1.165) is 18.8 Å². The molecule has 3 aromatic carbocycles. The average molecular weight is 384 g/mol. The number of hydrogen-bond donors (Lipinski definition) is 0. The van der Waals surface area contributed by atoms with Gasteiger partial charge in [0.25, 0.3) is 0 Å². The van der Waals surface area contributed by atoms with E-state index in [0.29, 0.717) is 15.8 Å². The Morgan fingerprint density at radius 3 is 2.15 bits per heavy atom. The van der Waals surface area contributed by atoms with Gasteiger partial charge in [-0.05, 0) is 41.8 Å². The van der Waals surface area contributed by atoms with E-state index in [1.165, 1.54) is 17.5 Å². The molecule has 4 rings (SSSR count). The van der Waals surface area contributed by atoms with Gasteiger partial charge in [-0.15, -0.1) is 0 Å². The van der Waals surface area contributed by atoms with E-state index in [9.17, 15) is 0 Å². The summed E-state index contributed by atoms with van der Waals surface area (Å²) >= 11 is 12.1. The third-order valence-electron chi connectivity index (χ3n) is 4.67. The van der Waals surface area contributed by atoms with Gasteiger partial charge in [-0.2, -0.15) is 0 Å². The van der Waals surface area contributed by atoms with Crippen LogP contribution in [0.1, 0.15) is 23.6 Å². The molecule has 0 aromatic heterocycles. The predicted octanol–water partition coefficient (Wildman–Crippen LogP) is 6.58. The van der Waals surface area contributed by atoms with E-state index in [4.69, 9.17) is 27.9 Å². The first-order valence-corrected chi connectivity index (χ1v) is 9.48. The average Bonchev–Trinajstić information content (AvgIpc) is 2.62. The molecule has 0 radical (unpaired) electrons. The van der Waals surface area contributed by atoms with E-state index in [2.05, 4.69) is 47.4 Å². The van der Waals surface area contributed by atoms with Crippen LogP contribution in [-0.2, 0) is 0 Å². The Balaban J connectivity index is 1.63. The standard InChI is InChI=1S/C22H19Cl2NO/c23-20-11-10-19(15-21(20)24)26-18-9-4-8-17(14-18)22(25-12-5-13-25)16-6-2-1-3-7-16/h1-4,6-11,14-15,22H,5,12-13H2. The van der Waals surface area contributed by atoms with Crippen LogP contribution in [-0.4, -0.2) is 18.0 Å². The summed E-state index contributed by atoms with van der Waals surface area (Å²) in [6.07, 6.45) is 1.25. The Bertz CT molecular complexity index is 894. The van der Waals surface area contributed by atoms with E-state index >= 15 is 0 Å². The molecule has 0 N–H and O–H groups in total. The molecule has 26 heavy (non-hydrogen) atoms. The number of likely N-dealkylation sites (tertiary alicyclic amines) is 1. The fourth-order valence-corrected chi connectivity index (χ4v) is 3.56. The number of nitrogens with zero attached hydrogens (tertiary/aromatic N) is 1. The fourth-order valence-electron chi connectivity index (χ4n) is 3.27. The molecule has 4 heteroatoms. The van der Waals surface area contributed by atoms with Crippen LogP contribution in [0.15, 0.2) is 72.8 Å². The molecule has 1 aliphatic heterocycles. The van der Waals surface area contributed by atoms with E-state index in [-0.39, 0.29) is 6.04 Å². The molecule has 0 spiro atoms. The highest BCUT2D eigenvalue weighted by Crippen LogP contribution is 2.35. The summed E-state index contributed by atoms with van der Waals surface area (Å²) < 4.78 is 6.01. The van der Waals surface area contributed by atoms with Gasteiger partial charge >= 0.3 is 0 Å². The van der Waals surface area contributed by atoms with Gasteiger partial charge in [0.1, 0.15) is 11.5 Å². The predicted molar refractivity (Wildman–Crippen MR) is 107 cm³/mol. The summed E-state index contributed by atoms with van der Waals surface area (Å²) in [4.78, 5) is 2.49. The summed E-state index contributed by atoms with van der Waals surface area (Å²) in [6.45, 7) is 2.24. The first kappa shape index (κ1) is 17.4. The molecule has 0 saturated carbocycles. The number of rotatable bonds is 5. The molecule has 1 fully saturated rings. The van der Waals surface area contributed by atoms with Gasteiger partial charge in [0.15, 0.2) is 0 Å². The quantitative estimate of drug-likeness (QED) is 0.493. The second kappa shape index (κ2) is 7.71. The molecular weight excluding hydrogens is 365 g/mol. The lowest BCUT2D eigenvalue weighted by Gasteiger charge is -2.39. The van der Waals surface area contributed by atoms with Crippen molar-refractivity contribution in [1.29, 1.82) is 0 Å². The molecular formula is C22H19Cl2NO. The first-order valence-electron chi connectivity index (χ1n) is 8.72. The van der Waals surface area contributed by atoms with E-state index in [1.54, 1.807) is 12.1 Å². The molecule has 1 atom stereocenters. The van der Waals surface area contributed by atoms with E-state index in [1.807, 2.05) is 18.2 Å². The van der Waals surface area contributed by atoms with Crippen molar-refractivity contribution in [2.45, 2.75) is 12.5 Å². The van der Waals surface area contributed by atoms with Crippen LogP contribution in [0.25, 0.3) is 0 Å². The lowest BCUT2D eigenvalue weighted by Crippen LogP contribution is -2.40. The highest BCUT2D eigenvalue weighted by atomic mass is 35.5. The van der Waals surface area contributed by atoms with Gasteiger partial charge in [-0.1, -0.05) is 65.7 Å². The molecule has 1 aliphatic rings. The largest absolute Gasteiger partial charge is 0.457 e. The van der Waals surface area contributed by atoms with Crippen LogP contribution < -0.4 is 4.74 Å². The molecule has 3 aromatic rings. The van der Waals surface area contributed by atoms with Crippen molar-refractivity contribution in [2.24, 2.45) is 0 Å². The molecule has 1 saturated heterocycles. The fraction of sp³-hybridized carbons (Fsp3) is 0.182. The van der Waals surface area contributed by atoms with Crippen LogP contribution in [0, 0.1) is 0 Å². The number of halogens is 2. The Hall–Kier alpha value is -2.00. The summed E-state index contributed by atoms with van der Waals surface area (Å²) in [6, 6.07) is 24.5. The van der Waals surface area contributed by atoms with Crippen molar-refractivity contribution in [3.8, 4) is 11.5 Å². The molecule has 1 heterocycles. The van der Waals surface area contributed by atoms with Gasteiger partial charge in [0.05, 0.1) is 16.1 Å². The molecule has 2 nitrogen and oxygen atoms in total. The number of benzene rings is 3. The van der Waals surface area contributed by atoms with Gasteiger partial charge in [-0.25, -0.2) is 0 Å². The maximum Gasteiger partial charge on any atom is 0.129 e. The van der Waals surface area contributed by atoms with Crippen LogP contribution >= 0.6 is 23.2 Å². The third-order valence-corrected chi connectivity index (χ3v) is 5.41. The Labute approximate surface area is 163 Å². The Kier molecular flexibility index (Phi) is 5.16. The topological polar surface area (TPSA) is 12.5 Å². The summed E-state index contributed by atoms with van der Waals surface area (Å²) in [5.74, 6) is 1.47. The number of ether oxygens (including phenoxy) is 1. The summed E-state index contributed by atoms with van der Waals surface area (Å²) in [5.41, 5.74) is 2.53. The van der Waals surface area contributed by atoms with Crippen LogP contribution in [0.3, 0.4) is 0 Å². The summed E-state index contributed by atoms with van der Waals surface area (Å²) in [5, 5.41) is 1.01. The van der Waals surface area contributed by atoms with Gasteiger partial charge in [0.2, 0.25) is 0 Å². The number of hydrogen-bond acceptors (Lipinski definition) is 2. The third kappa shape index (κ3) is 3.73. The monoisotopic (exact) mass is 383 g/mol. The zero-order chi connectivity index (χ0) is 17.9. The molecule has 0 bridgehead atoms. The van der Waals surface area contributed by atoms with Gasteiger partial charge < -0.3 is 4.74 Å². The van der Waals surface area contributed by atoms with Crippen LogP contribution in [0.5, 0.6) is 11.5 Å². The maximum atomic E-state index is 6.09. The molecule has 0 amide bonds. The zero-order valence-electron chi connectivity index (χ0n) is 14.2. The smallest absolute Gasteiger partial charge is 0.129 e. The normalized spacial score (nSPS) is 15.3. The van der Waals surface area contributed by atoms with Crippen molar-refractivity contribution in [2.75, 3.05) is 13.1 Å². The molecule has 0 aliphatic carbocycles. The second-order valence-electron chi connectivity index (χ2n) is 6.45. The second-order valence-corrected chi connectivity index (χ2v) is 7.27. The first-order chi connectivity index (χ1) is 12.7. The van der Waals surface area contributed by atoms with Crippen molar-refractivity contribution in [3.05, 3.63) is 94.0 Å². The van der Waals surface area contributed by atoms with E-state index < -0.39 is 0 Å². The lowest BCUT2D eigenvalue weighted by molar-refractivity contribution is 0.140. The Morgan fingerprint density at radius 1 is 0.731 bits per heavy atom. The van der Waals surface area contributed by atoms with Crippen molar-refractivity contribution < 1.29 is 4.74 Å². The lowest BCUT2D eigenvalue weighted by atomic mass is 9.94. The molecule has 1 unspecified atom stereocenters. The summed E-state index contributed by atoms with van der Waals surface area (Å²) in [7, 11) is 0. The van der Waals surface area contributed by atoms with Crippen LogP contribution in [0.4, 0.5) is 0 Å². The minimum atomic E-state index is 0.252. The Morgan fingerprint density at radius 2 is 1.46 bits per heavy atom. The van der Waals surface area contributed by atoms with Crippen molar-refractivity contribution >= 4 is 23.2 Å². The van der Waals surface area contributed by atoms with Crippen molar-refractivity contribution in [3.63, 3.8) is 0 Å². The molecule has 132 valence electrons. The minimum Gasteiger partial charge on any atom is -0.457 e. The van der Waals surface area contributed by atoms with Gasteiger partial charge in [-0.3, -0.25) is 4.90 Å². The maximum absolute atomic E-state index is 6.09. The minimum absolute atomic E-state index is 0.252. The van der Waals surface area contributed by atoms with Crippen LogP contribution in [0.2, 0.25) is 10.0 Å². The highest BCUT2D eigenvalue weighted by molar-refractivity contribution is 6.42. The zero-order valence-corrected chi connectivity index (χ0v) is 15.8. The SMILES string of the molecule is Clc1ccc(Oc2cccc(C(c3ccccc3)N3CCC3)c2)cc1Cl. The highest BCUT2D eigenvalue weighted by Gasteiger charge is 2.27. The van der Waals surface area contributed by atoms with Crippen molar-refractivity contribution in [1.82, 2.24) is 4.90 Å². The van der Waals surface area contributed by atoms with Gasteiger partial charge in [0, 0.05) is 19.2 Å².